The van der Waals surface area contributed by atoms with Crippen LogP contribution in [-0.2, 0) is 0 Å². The molecule has 2 aromatic carbocycles. The average molecular weight is 434 g/mol. The number of hydrogen-bond acceptors (Lipinski definition) is 5. The number of carbonyl (C=O) groups excluding carboxylic acids is 1. The zero-order chi connectivity index (χ0) is 19.4. The van der Waals surface area contributed by atoms with E-state index in [1.54, 1.807) is 0 Å². The number of carbonyl (C=O) groups is 1. The van der Waals surface area contributed by atoms with E-state index in [0.29, 0.717) is 4.82 Å². The number of rotatable bonds is 6. The normalized spacial score (nSPS) is 18.8. The Morgan fingerprint density at radius 3 is 2.22 bits per heavy atom. The molecule has 0 aliphatic heterocycles. The molecule has 1 fully saturated rings. The van der Waals surface area contributed by atoms with Gasteiger partial charge in [-0.25, -0.2) is 0 Å². The summed E-state index contributed by atoms with van der Waals surface area (Å²) in [7, 11) is 0. The van der Waals surface area contributed by atoms with Gasteiger partial charge in [-0.15, -0.1) is 0 Å². The number of hydrogen-bond donors (Lipinski definition) is 1. The maximum atomic E-state index is 12.6. The quantitative estimate of drug-likeness (QED) is 0.426. The van der Waals surface area contributed by atoms with E-state index in [-0.39, 0.29) is 26.6 Å². The van der Waals surface area contributed by atoms with Crippen molar-refractivity contribution in [1.29, 1.82) is 0 Å². The van der Waals surface area contributed by atoms with Crippen molar-refractivity contribution in [2.24, 2.45) is 0 Å². The van der Waals surface area contributed by atoms with Crippen molar-refractivity contribution in [1.82, 2.24) is 5.32 Å². The predicted molar refractivity (Wildman–Crippen MR) is 100 cm³/mol. The third-order valence-corrected chi connectivity index (χ3v) is 7.35. The molecular weight excluding hydrogens is 417 g/mol. The third-order valence-electron chi connectivity index (χ3n) is 4.39. The summed E-state index contributed by atoms with van der Waals surface area (Å²) in [5.74, 6) is -0.512. The molecule has 0 unspecified atom stereocenters. The van der Waals surface area contributed by atoms with Crippen LogP contribution in [0.25, 0.3) is 0 Å². The zero-order valence-electron chi connectivity index (χ0n) is 14.2. The van der Waals surface area contributed by atoms with Gasteiger partial charge in [0.15, 0.2) is 0 Å². The van der Waals surface area contributed by atoms with E-state index in [1.807, 2.05) is 18.2 Å². The van der Waals surface area contributed by atoms with Gasteiger partial charge in [0.1, 0.15) is 0 Å². The number of benzene rings is 2. The molecule has 3 rings (SSSR count). The Labute approximate surface area is 161 Å². The van der Waals surface area contributed by atoms with Gasteiger partial charge in [-0.3, -0.25) is 0 Å². The molecule has 0 radical (unpaired) electrons. The molecule has 0 heterocycles. The average Bonchev–Trinajstić information content (AvgIpc) is 3.08. The minimum atomic E-state index is -0.735. The SMILES string of the molecule is O=C(N[C@@H]1CCC[C@H]1[Se]c1ccccc1)c1cc([N+](=O)[O-])cc([N+](=O)[O-])c1. The first kappa shape index (κ1) is 19.0. The number of nitro groups is 2. The minimum absolute atomic E-state index is 0.0315. The van der Waals surface area contributed by atoms with Crippen LogP contribution < -0.4 is 9.78 Å². The molecule has 0 spiro atoms. The summed E-state index contributed by atoms with van der Waals surface area (Å²) < 4.78 is 1.25. The fourth-order valence-electron chi connectivity index (χ4n) is 3.09. The fourth-order valence-corrected chi connectivity index (χ4v) is 5.86. The molecule has 9 heteroatoms. The van der Waals surface area contributed by atoms with Gasteiger partial charge in [0.2, 0.25) is 0 Å². The van der Waals surface area contributed by atoms with E-state index in [0.717, 1.165) is 37.5 Å². The third kappa shape index (κ3) is 4.69. The molecule has 0 bridgehead atoms. The first-order valence-electron chi connectivity index (χ1n) is 8.40. The Morgan fingerprint density at radius 2 is 1.63 bits per heavy atom. The maximum absolute atomic E-state index is 12.6. The topological polar surface area (TPSA) is 115 Å². The molecule has 2 atom stereocenters. The van der Waals surface area contributed by atoms with Crippen LogP contribution in [0.2, 0.25) is 4.82 Å². The molecule has 140 valence electrons. The van der Waals surface area contributed by atoms with Crippen molar-refractivity contribution in [2.45, 2.75) is 30.1 Å². The Balaban J connectivity index is 1.76. The van der Waals surface area contributed by atoms with Crippen molar-refractivity contribution in [3.05, 3.63) is 74.3 Å². The number of amides is 1. The summed E-state index contributed by atoms with van der Waals surface area (Å²) in [6, 6.07) is 13.1. The van der Waals surface area contributed by atoms with E-state index in [4.69, 9.17) is 0 Å². The van der Waals surface area contributed by atoms with E-state index >= 15 is 0 Å². The van der Waals surface area contributed by atoms with Crippen molar-refractivity contribution >= 4 is 36.7 Å². The molecule has 8 nitrogen and oxygen atoms in total. The number of nitrogens with zero attached hydrogens (tertiary/aromatic N) is 2. The van der Waals surface area contributed by atoms with E-state index in [2.05, 4.69) is 17.4 Å². The summed E-state index contributed by atoms with van der Waals surface area (Å²) in [5.41, 5.74) is -0.995. The standard InChI is InChI=1S/C18H17N3O5Se/c22-18(12-9-13(20(23)24)11-14(10-12)21(25)26)19-16-7-4-8-17(16)27-15-5-2-1-3-6-15/h1-3,5-6,9-11,16-17H,4,7-8H2,(H,19,22)/t16-,17-/m1/s1. The van der Waals surface area contributed by atoms with Crippen molar-refractivity contribution in [2.75, 3.05) is 0 Å². The van der Waals surface area contributed by atoms with E-state index in [1.165, 1.54) is 4.46 Å². The summed E-state index contributed by atoms with van der Waals surface area (Å²) in [5, 5.41) is 24.9. The fraction of sp³-hybridized carbons (Fsp3) is 0.278. The predicted octanol–water partition coefficient (Wildman–Crippen LogP) is 2.60. The van der Waals surface area contributed by atoms with Crippen molar-refractivity contribution in [3.63, 3.8) is 0 Å². The Hall–Kier alpha value is -2.77. The molecule has 1 saturated carbocycles. The molecule has 2 aromatic rings. The van der Waals surface area contributed by atoms with Crippen LogP contribution in [-0.4, -0.2) is 36.8 Å². The van der Waals surface area contributed by atoms with E-state index < -0.39 is 27.1 Å². The summed E-state index contributed by atoms with van der Waals surface area (Å²) in [6.45, 7) is 0. The Bertz CT molecular complexity index is 842. The summed E-state index contributed by atoms with van der Waals surface area (Å²) in [6.07, 6.45) is 2.84. The molecule has 1 amide bonds. The molecular formula is C18H17N3O5Se. The number of non-ortho nitro benzene ring substituents is 2. The van der Waals surface area contributed by atoms with Gasteiger partial charge >= 0.3 is 161 Å². The molecule has 0 aromatic heterocycles. The van der Waals surface area contributed by atoms with Gasteiger partial charge in [0, 0.05) is 0 Å². The first-order chi connectivity index (χ1) is 12.9. The second kappa shape index (κ2) is 8.28. The van der Waals surface area contributed by atoms with Crippen molar-refractivity contribution in [3.8, 4) is 0 Å². The molecule has 1 N–H and O–H groups in total. The summed E-state index contributed by atoms with van der Waals surface area (Å²) in [4.78, 5) is 33.5. The van der Waals surface area contributed by atoms with Gasteiger partial charge in [0.05, 0.1) is 0 Å². The van der Waals surface area contributed by atoms with Crippen LogP contribution in [0.1, 0.15) is 29.6 Å². The van der Waals surface area contributed by atoms with Crippen LogP contribution in [0.3, 0.4) is 0 Å². The van der Waals surface area contributed by atoms with Crippen LogP contribution in [0.5, 0.6) is 0 Å². The first-order valence-corrected chi connectivity index (χ1v) is 10.2. The Morgan fingerprint density at radius 1 is 1.00 bits per heavy atom. The van der Waals surface area contributed by atoms with Crippen molar-refractivity contribution < 1.29 is 14.6 Å². The molecule has 0 saturated heterocycles. The van der Waals surface area contributed by atoms with Gasteiger partial charge < -0.3 is 0 Å². The second-order valence-corrected chi connectivity index (χ2v) is 8.99. The zero-order valence-corrected chi connectivity index (χ0v) is 16.0. The molecule has 27 heavy (non-hydrogen) atoms. The Kier molecular flexibility index (Phi) is 5.83. The van der Waals surface area contributed by atoms with E-state index in [9.17, 15) is 25.0 Å². The summed E-state index contributed by atoms with van der Waals surface area (Å²) >= 11 is 0.199. The van der Waals surface area contributed by atoms with Crippen LogP contribution in [0.15, 0.2) is 48.5 Å². The van der Waals surface area contributed by atoms with Gasteiger partial charge in [-0.1, -0.05) is 0 Å². The van der Waals surface area contributed by atoms with Crippen LogP contribution in [0, 0.1) is 20.2 Å². The second-order valence-electron chi connectivity index (χ2n) is 6.23. The van der Waals surface area contributed by atoms with Crippen LogP contribution in [0.4, 0.5) is 11.4 Å². The monoisotopic (exact) mass is 435 g/mol. The number of nitro benzene ring substituents is 2. The molecule has 1 aliphatic rings. The van der Waals surface area contributed by atoms with Gasteiger partial charge in [-0.05, 0) is 0 Å². The van der Waals surface area contributed by atoms with Gasteiger partial charge in [-0.2, -0.15) is 0 Å². The van der Waals surface area contributed by atoms with Gasteiger partial charge in [0.25, 0.3) is 0 Å². The molecule has 1 aliphatic carbocycles. The number of nitrogens with one attached hydrogen (secondary N) is 1. The van der Waals surface area contributed by atoms with Crippen LogP contribution >= 0.6 is 0 Å².